The minimum absolute atomic E-state index is 0. The van der Waals surface area contributed by atoms with Crippen LogP contribution in [0.25, 0.3) is 0 Å². The largest absolute Gasteiger partial charge is 0.496 e. The van der Waals surface area contributed by atoms with E-state index in [4.69, 9.17) is 9.73 Å². The highest BCUT2D eigenvalue weighted by molar-refractivity contribution is 14.0. The van der Waals surface area contributed by atoms with E-state index in [1.807, 2.05) is 24.4 Å². The maximum absolute atomic E-state index is 5.64. The van der Waals surface area contributed by atoms with Crippen LogP contribution in [0, 0.1) is 0 Å². The highest BCUT2D eigenvalue weighted by atomic mass is 127. The number of halogens is 1. The molecule has 0 saturated carbocycles. The van der Waals surface area contributed by atoms with Crippen molar-refractivity contribution in [2.45, 2.75) is 32.2 Å². The van der Waals surface area contributed by atoms with Gasteiger partial charge in [-0.05, 0) is 57.0 Å². The number of methoxy groups -OCH3 is 1. The highest BCUT2D eigenvalue weighted by Crippen LogP contribution is 2.31. The molecular formula is C23H34IN5O. The summed E-state index contributed by atoms with van der Waals surface area (Å²) in [5.74, 6) is 1.80. The summed E-state index contributed by atoms with van der Waals surface area (Å²) in [7, 11) is 1.74. The van der Waals surface area contributed by atoms with Crippen LogP contribution in [0.3, 0.4) is 0 Å². The number of benzene rings is 1. The molecule has 1 aliphatic heterocycles. The van der Waals surface area contributed by atoms with Gasteiger partial charge in [-0.3, -0.25) is 14.9 Å². The van der Waals surface area contributed by atoms with E-state index < -0.39 is 0 Å². The third-order valence-corrected chi connectivity index (χ3v) is 5.27. The lowest BCUT2D eigenvalue weighted by Crippen LogP contribution is -2.39. The number of para-hydroxylation sites is 1. The molecule has 0 bridgehead atoms. The summed E-state index contributed by atoms with van der Waals surface area (Å²) in [4.78, 5) is 11.6. The van der Waals surface area contributed by atoms with Gasteiger partial charge in [-0.1, -0.05) is 24.3 Å². The van der Waals surface area contributed by atoms with E-state index in [0.29, 0.717) is 6.54 Å². The quantitative estimate of drug-likeness (QED) is 0.299. The summed E-state index contributed by atoms with van der Waals surface area (Å²) < 4.78 is 5.64. The van der Waals surface area contributed by atoms with Gasteiger partial charge in [0.25, 0.3) is 0 Å². The van der Waals surface area contributed by atoms with Crippen LogP contribution in [0.4, 0.5) is 0 Å². The molecule has 1 fully saturated rings. The average molecular weight is 523 g/mol. The van der Waals surface area contributed by atoms with E-state index in [1.54, 1.807) is 13.3 Å². The van der Waals surface area contributed by atoms with Crippen molar-refractivity contribution in [2.24, 2.45) is 4.99 Å². The van der Waals surface area contributed by atoms with Gasteiger partial charge in [-0.2, -0.15) is 0 Å². The number of hydrogen-bond donors (Lipinski definition) is 2. The Balaban J connectivity index is 0.00000320. The van der Waals surface area contributed by atoms with Gasteiger partial charge in [0.2, 0.25) is 0 Å². The lowest BCUT2D eigenvalue weighted by atomic mass is 10.0. The van der Waals surface area contributed by atoms with Gasteiger partial charge in [0, 0.05) is 31.0 Å². The van der Waals surface area contributed by atoms with E-state index in [2.05, 4.69) is 45.6 Å². The van der Waals surface area contributed by atoms with Crippen molar-refractivity contribution in [1.29, 1.82) is 0 Å². The predicted molar refractivity (Wildman–Crippen MR) is 134 cm³/mol. The lowest BCUT2D eigenvalue weighted by molar-refractivity contribution is 0.245. The second-order valence-electron chi connectivity index (χ2n) is 7.26. The van der Waals surface area contributed by atoms with E-state index in [9.17, 15) is 0 Å². The first kappa shape index (κ1) is 24.4. The fourth-order valence-electron chi connectivity index (χ4n) is 3.80. The first-order chi connectivity index (χ1) is 14.3. The van der Waals surface area contributed by atoms with Crippen LogP contribution < -0.4 is 15.4 Å². The smallest absolute Gasteiger partial charge is 0.191 e. The van der Waals surface area contributed by atoms with E-state index in [0.717, 1.165) is 44.3 Å². The Kier molecular flexibility index (Phi) is 10.9. The van der Waals surface area contributed by atoms with Gasteiger partial charge in [-0.15, -0.1) is 24.0 Å². The first-order valence-electron chi connectivity index (χ1n) is 10.6. The number of pyridine rings is 1. The number of aromatic nitrogens is 1. The van der Waals surface area contributed by atoms with Crippen molar-refractivity contribution >= 4 is 29.9 Å². The lowest BCUT2D eigenvalue weighted by Gasteiger charge is -2.28. The van der Waals surface area contributed by atoms with Crippen LogP contribution in [-0.4, -0.2) is 55.7 Å². The number of nitrogens with one attached hydrogen (secondary N) is 2. The van der Waals surface area contributed by atoms with Gasteiger partial charge in [0.05, 0.1) is 19.7 Å². The molecule has 0 spiro atoms. The Morgan fingerprint density at radius 2 is 1.97 bits per heavy atom. The van der Waals surface area contributed by atoms with Crippen LogP contribution in [0.5, 0.6) is 5.75 Å². The Morgan fingerprint density at radius 3 is 2.67 bits per heavy atom. The Labute approximate surface area is 197 Å². The van der Waals surface area contributed by atoms with E-state index in [1.165, 1.54) is 24.0 Å². The zero-order chi connectivity index (χ0) is 20.3. The van der Waals surface area contributed by atoms with Crippen LogP contribution >= 0.6 is 24.0 Å². The third kappa shape index (κ3) is 7.12. The minimum atomic E-state index is 0. The molecule has 2 N–H and O–H groups in total. The van der Waals surface area contributed by atoms with E-state index >= 15 is 0 Å². The first-order valence-corrected chi connectivity index (χ1v) is 10.6. The molecule has 30 heavy (non-hydrogen) atoms. The van der Waals surface area contributed by atoms with Gasteiger partial charge >= 0.3 is 0 Å². The molecular weight excluding hydrogens is 489 g/mol. The molecule has 0 aliphatic carbocycles. The third-order valence-electron chi connectivity index (χ3n) is 5.27. The van der Waals surface area contributed by atoms with Crippen molar-refractivity contribution in [3.63, 3.8) is 0 Å². The van der Waals surface area contributed by atoms with Crippen molar-refractivity contribution in [3.05, 3.63) is 59.9 Å². The molecule has 1 aliphatic rings. The van der Waals surface area contributed by atoms with Crippen molar-refractivity contribution in [3.8, 4) is 5.75 Å². The van der Waals surface area contributed by atoms with Crippen molar-refractivity contribution < 1.29 is 4.74 Å². The summed E-state index contributed by atoms with van der Waals surface area (Å²) in [6, 6.07) is 12.6. The summed E-state index contributed by atoms with van der Waals surface area (Å²) in [5.41, 5.74) is 2.44. The van der Waals surface area contributed by atoms with Crippen molar-refractivity contribution in [2.75, 3.05) is 39.8 Å². The second-order valence-corrected chi connectivity index (χ2v) is 7.26. The molecule has 1 unspecified atom stereocenters. The normalized spacial score (nSPS) is 15.3. The molecule has 1 aromatic heterocycles. The predicted octanol–water partition coefficient (Wildman–Crippen LogP) is 3.64. The number of guanidine groups is 1. The SMILES string of the molecule is CCNC(=NCC(c1ccccc1OC)N1CCCC1)NCCc1cccnc1.I. The molecule has 164 valence electrons. The maximum atomic E-state index is 5.64. The topological polar surface area (TPSA) is 61.8 Å². The number of hydrogen-bond acceptors (Lipinski definition) is 4. The average Bonchev–Trinajstić information content (AvgIpc) is 3.29. The molecule has 1 aromatic carbocycles. The molecule has 0 amide bonds. The Morgan fingerprint density at radius 1 is 1.17 bits per heavy atom. The van der Waals surface area contributed by atoms with Gasteiger partial charge < -0.3 is 15.4 Å². The molecule has 7 heteroatoms. The molecule has 2 aromatic rings. The van der Waals surface area contributed by atoms with Gasteiger partial charge in [0.1, 0.15) is 5.75 Å². The Hall–Kier alpha value is -1.87. The zero-order valence-corrected chi connectivity index (χ0v) is 20.3. The van der Waals surface area contributed by atoms with Crippen LogP contribution in [-0.2, 0) is 6.42 Å². The number of ether oxygens (including phenoxy) is 1. The van der Waals surface area contributed by atoms with Crippen LogP contribution in [0.2, 0.25) is 0 Å². The number of likely N-dealkylation sites (tertiary alicyclic amines) is 1. The molecule has 1 atom stereocenters. The fraction of sp³-hybridized carbons (Fsp3) is 0.478. The van der Waals surface area contributed by atoms with Gasteiger partial charge in [0.15, 0.2) is 5.96 Å². The molecule has 0 radical (unpaired) electrons. The fourth-order valence-corrected chi connectivity index (χ4v) is 3.80. The summed E-state index contributed by atoms with van der Waals surface area (Å²) in [5, 5.41) is 6.82. The standard InChI is InChI=1S/C23H33N5O.HI/c1-3-25-23(26-14-12-19-9-8-13-24-17-19)27-18-21(28-15-6-7-16-28)20-10-4-5-11-22(20)29-2;/h4-5,8-11,13,17,21H,3,6-7,12,14-16,18H2,1-2H3,(H2,25,26,27);1H. The molecule has 6 nitrogen and oxygen atoms in total. The number of aliphatic imine (C=N–C) groups is 1. The molecule has 3 rings (SSSR count). The van der Waals surface area contributed by atoms with Crippen LogP contribution in [0.15, 0.2) is 53.8 Å². The summed E-state index contributed by atoms with van der Waals surface area (Å²) in [6.45, 7) is 6.67. The Bertz CT molecular complexity index is 765. The molecule has 1 saturated heterocycles. The summed E-state index contributed by atoms with van der Waals surface area (Å²) in [6.07, 6.45) is 7.13. The molecule has 2 heterocycles. The second kappa shape index (κ2) is 13.4. The van der Waals surface area contributed by atoms with Gasteiger partial charge in [-0.25, -0.2) is 0 Å². The minimum Gasteiger partial charge on any atom is -0.496 e. The van der Waals surface area contributed by atoms with E-state index in [-0.39, 0.29) is 30.0 Å². The highest BCUT2D eigenvalue weighted by Gasteiger charge is 2.25. The number of rotatable bonds is 9. The van der Waals surface area contributed by atoms with Crippen molar-refractivity contribution in [1.82, 2.24) is 20.5 Å². The van der Waals surface area contributed by atoms with Crippen LogP contribution in [0.1, 0.15) is 36.9 Å². The zero-order valence-electron chi connectivity index (χ0n) is 18.0. The monoisotopic (exact) mass is 523 g/mol. The maximum Gasteiger partial charge on any atom is 0.191 e. The summed E-state index contributed by atoms with van der Waals surface area (Å²) >= 11 is 0. The number of nitrogens with zero attached hydrogens (tertiary/aromatic N) is 3.